The molecular formula is C16H18ClN3O. The summed E-state index contributed by atoms with van der Waals surface area (Å²) in [7, 11) is 1.66. The van der Waals surface area contributed by atoms with E-state index in [1.807, 2.05) is 18.2 Å². The molecule has 0 aliphatic heterocycles. The molecule has 2 aliphatic rings. The van der Waals surface area contributed by atoms with Crippen molar-refractivity contribution < 1.29 is 4.74 Å². The largest absolute Gasteiger partial charge is 0.496 e. The summed E-state index contributed by atoms with van der Waals surface area (Å²) in [6, 6.07) is 5.60. The third-order valence-electron chi connectivity index (χ3n) is 4.90. The van der Waals surface area contributed by atoms with Crippen LogP contribution in [0.1, 0.15) is 30.9 Å². The summed E-state index contributed by atoms with van der Waals surface area (Å²) in [6.07, 6.45) is 3.88. The number of ether oxygens (including phenoxy) is 1. The van der Waals surface area contributed by atoms with Gasteiger partial charge < -0.3 is 10.5 Å². The van der Waals surface area contributed by atoms with Crippen molar-refractivity contribution in [3.8, 4) is 16.9 Å². The monoisotopic (exact) mass is 303 g/mol. The highest BCUT2D eigenvalue weighted by atomic mass is 35.5. The lowest BCUT2D eigenvalue weighted by Crippen LogP contribution is -2.00. The molecule has 4 rings (SSSR count). The number of anilines is 1. The summed E-state index contributed by atoms with van der Waals surface area (Å²) < 4.78 is 5.47. The summed E-state index contributed by atoms with van der Waals surface area (Å²) in [4.78, 5) is 0. The first-order valence-electron chi connectivity index (χ1n) is 7.35. The van der Waals surface area contributed by atoms with E-state index in [1.54, 1.807) is 7.11 Å². The molecule has 5 heteroatoms. The fraction of sp³-hybridized carbons (Fsp3) is 0.438. The molecule has 2 saturated carbocycles. The van der Waals surface area contributed by atoms with Gasteiger partial charge in [-0.15, -0.1) is 0 Å². The molecule has 2 aliphatic carbocycles. The van der Waals surface area contributed by atoms with Gasteiger partial charge in [0.25, 0.3) is 0 Å². The lowest BCUT2D eigenvalue weighted by molar-refractivity contribution is 0.416. The number of hydrogen-bond donors (Lipinski definition) is 2. The van der Waals surface area contributed by atoms with Gasteiger partial charge in [-0.2, -0.15) is 5.10 Å². The van der Waals surface area contributed by atoms with Crippen molar-refractivity contribution in [2.45, 2.75) is 25.2 Å². The first kappa shape index (κ1) is 13.0. The number of rotatable bonds is 3. The van der Waals surface area contributed by atoms with Crippen LogP contribution < -0.4 is 10.5 Å². The van der Waals surface area contributed by atoms with E-state index in [0.717, 1.165) is 34.4 Å². The molecular weight excluding hydrogens is 286 g/mol. The number of aromatic nitrogens is 2. The van der Waals surface area contributed by atoms with Gasteiger partial charge in [0.05, 0.1) is 12.7 Å². The van der Waals surface area contributed by atoms with E-state index < -0.39 is 0 Å². The second kappa shape index (κ2) is 4.67. The van der Waals surface area contributed by atoms with Crippen molar-refractivity contribution in [1.29, 1.82) is 0 Å². The quantitative estimate of drug-likeness (QED) is 0.905. The smallest absolute Gasteiger partial charge is 0.153 e. The van der Waals surface area contributed by atoms with E-state index in [-0.39, 0.29) is 0 Å². The number of H-pyrrole nitrogens is 1. The molecule has 4 nitrogen and oxygen atoms in total. The molecule has 0 amide bonds. The number of halogens is 1. The second-order valence-electron chi connectivity index (χ2n) is 6.17. The van der Waals surface area contributed by atoms with Crippen LogP contribution in [0.4, 0.5) is 5.82 Å². The maximum atomic E-state index is 6.16. The van der Waals surface area contributed by atoms with E-state index in [4.69, 9.17) is 22.1 Å². The van der Waals surface area contributed by atoms with E-state index in [0.29, 0.717) is 16.8 Å². The zero-order chi connectivity index (χ0) is 14.6. The van der Waals surface area contributed by atoms with Crippen LogP contribution in [0.5, 0.6) is 5.75 Å². The molecule has 2 fully saturated rings. The normalized spacial score (nSPS) is 26.7. The van der Waals surface area contributed by atoms with Crippen molar-refractivity contribution in [2.24, 2.45) is 11.8 Å². The standard InChI is InChI=1S/C16H18ClN3O/c1-21-13-3-2-11(17)7-12(13)14-15(19-20-16(14)18)10-5-8-4-9(8)6-10/h2-3,7-10H,4-6H2,1H3,(H3,18,19,20). The Hall–Kier alpha value is -1.68. The van der Waals surface area contributed by atoms with Crippen LogP contribution in [0.3, 0.4) is 0 Å². The molecule has 1 heterocycles. The Morgan fingerprint density at radius 3 is 2.76 bits per heavy atom. The lowest BCUT2D eigenvalue weighted by atomic mass is 9.93. The molecule has 21 heavy (non-hydrogen) atoms. The lowest BCUT2D eigenvalue weighted by Gasteiger charge is -2.15. The number of nitrogen functional groups attached to an aromatic ring is 1. The minimum Gasteiger partial charge on any atom is -0.496 e. The van der Waals surface area contributed by atoms with E-state index in [2.05, 4.69) is 10.2 Å². The van der Waals surface area contributed by atoms with Crippen LogP contribution >= 0.6 is 11.6 Å². The van der Waals surface area contributed by atoms with Crippen LogP contribution in [0.25, 0.3) is 11.1 Å². The Morgan fingerprint density at radius 1 is 1.29 bits per heavy atom. The number of nitrogens with zero attached hydrogens (tertiary/aromatic N) is 1. The number of nitrogens with two attached hydrogens (primary N) is 1. The van der Waals surface area contributed by atoms with Crippen molar-refractivity contribution in [1.82, 2.24) is 10.2 Å². The van der Waals surface area contributed by atoms with Gasteiger partial charge in [0.1, 0.15) is 5.75 Å². The summed E-state index contributed by atoms with van der Waals surface area (Å²) in [5, 5.41) is 8.06. The van der Waals surface area contributed by atoms with Gasteiger partial charge in [-0.25, -0.2) is 0 Å². The Balaban J connectivity index is 1.81. The molecule has 0 spiro atoms. The third-order valence-corrected chi connectivity index (χ3v) is 5.14. The van der Waals surface area contributed by atoms with Crippen LogP contribution in [-0.4, -0.2) is 17.3 Å². The van der Waals surface area contributed by atoms with Crippen molar-refractivity contribution in [3.05, 3.63) is 28.9 Å². The maximum Gasteiger partial charge on any atom is 0.153 e. The van der Waals surface area contributed by atoms with Gasteiger partial charge in [0.2, 0.25) is 0 Å². The highest BCUT2D eigenvalue weighted by molar-refractivity contribution is 6.31. The summed E-state index contributed by atoms with van der Waals surface area (Å²) in [5.41, 5.74) is 9.14. The van der Waals surface area contributed by atoms with Gasteiger partial charge in [0.15, 0.2) is 5.82 Å². The maximum absolute atomic E-state index is 6.16. The number of fused-ring (bicyclic) bond motifs is 1. The highest BCUT2D eigenvalue weighted by Crippen LogP contribution is 2.58. The molecule has 1 aromatic heterocycles. The average Bonchev–Trinajstić information content (AvgIpc) is 2.92. The number of benzene rings is 1. The first-order chi connectivity index (χ1) is 10.2. The highest BCUT2D eigenvalue weighted by Gasteiger charge is 2.47. The molecule has 0 bridgehead atoms. The first-order valence-corrected chi connectivity index (χ1v) is 7.72. The molecule has 110 valence electrons. The van der Waals surface area contributed by atoms with Crippen LogP contribution in [0.15, 0.2) is 18.2 Å². The summed E-state index contributed by atoms with van der Waals surface area (Å²) >= 11 is 6.16. The van der Waals surface area contributed by atoms with Gasteiger partial charge >= 0.3 is 0 Å². The number of nitrogens with one attached hydrogen (secondary N) is 1. The van der Waals surface area contributed by atoms with Gasteiger partial charge in [0, 0.05) is 22.2 Å². The number of aromatic amines is 1. The van der Waals surface area contributed by atoms with E-state index >= 15 is 0 Å². The molecule has 3 N–H and O–H groups in total. The zero-order valence-corrected chi connectivity index (χ0v) is 12.7. The van der Waals surface area contributed by atoms with E-state index in [1.165, 1.54) is 19.3 Å². The number of hydrogen-bond acceptors (Lipinski definition) is 3. The molecule has 2 unspecified atom stereocenters. The molecule has 0 saturated heterocycles. The van der Waals surface area contributed by atoms with Crippen LogP contribution in [-0.2, 0) is 0 Å². The fourth-order valence-corrected chi connectivity index (χ4v) is 3.95. The number of methoxy groups -OCH3 is 1. The van der Waals surface area contributed by atoms with Crippen molar-refractivity contribution >= 4 is 17.4 Å². The van der Waals surface area contributed by atoms with Crippen LogP contribution in [0, 0.1) is 11.8 Å². The predicted octanol–water partition coefficient (Wildman–Crippen LogP) is 3.83. The molecule has 2 atom stereocenters. The summed E-state index contributed by atoms with van der Waals surface area (Å²) in [5.74, 6) is 3.64. The Kier molecular flexibility index (Phi) is 2.89. The second-order valence-corrected chi connectivity index (χ2v) is 6.60. The molecule has 1 aromatic carbocycles. The minimum absolute atomic E-state index is 0.520. The van der Waals surface area contributed by atoms with E-state index in [9.17, 15) is 0 Å². The SMILES string of the molecule is COc1ccc(Cl)cc1-c1c(N)n[nH]c1C1CC2CC2C1. The Labute approximate surface area is 128 Å². The van der Waals surface area contributed by atoms with Gasteiger partial charge in [-0.3, -0.25) is 5.10 Å². The Bertz CT molecular complexity index is 687. The van der Waals surface area contributed by atoms with Crippen molar-refractivity contribution in [2.75, 3.05) is 12.8 Å². The third kappa shape index (κ3) is 2.09. The Morgan fingerprint density at radius 2 is 2.05 bits per heavy atom. The topological polar surface area (TPSA) is 63.9 Å². The van der Waals surface area contributed by atoms with Gasteiger partial charge in [-0.1, -0.05) is 11.6 Å². The zero-order valence-electron chi connectivity index (χ0n) is 11.9. The van der Waals surface area contributed by atoms with Crippen LogP contribution in [0.2, 0.25) is 5.02 Å². The molecule has 0 radical (unpaired) electrons. The predicted molar refractivity (Wildman–Crippen MR) is 83.6 cm³/mol. The molecule has 2 aromatic rings. The summed E-state index contributed by atoms with van der Waals surface area (Å²) in [6.45, 7) is 0. The average molecular weight is 304 g/mol. The fourth-order valence-electron chi connectivity index (χ4n) is 3.77. The van der Waals surface area contributed by atoms with Crippen molar-refractivity contribution in [3.63, 3.8) is 0 Å². The minimum atomic E-state index is 0.520. The van der Waals surface area contributed by atoms with Gasteiger partial charge in [-0.05, 0) is 49.3 Å².